The molecule has 420 valence electrons. The van der Waals surface area contributed by atoms with Gasteiger partial charge in [0.2, 0.25) is 5.91 Å². The molecule has 14 atom stereocenters. The summed E-state index contributed by atoms with van der Waals surface area (Å²) in [6.07, 6.45) is 4.90. The smallest absolute Gasteiger partial charge is 0.356 e. The van der Waals surface area contributed by atoms with Gasteiger partial charge >= 0.3 is 19.1 Å². The molecule has 2 aliphatic heterocycles. The molecule has 1 amide bonds. The van der Waals surface area contributed by atoms with Crippen LogP contribution in [0.15, 0.2) is 41.8 Å². The van der Waals surface area contributed by atoms with Crippen LogP contribution in [-0.2, 0) is 42.3 Å². The molecule has 77 heavy (non-hydrogen) atoms. The molecule has 4 aliphatic carbocycles. The van der Waals surface area contributed by atoms with Crippen LogP contribution in [-0.4, -0.2) is 106 Å². The van der Waals surface area contributed by atoms with Gasteiger partial charge in [-0.3, -0.25) is 56.9 Å². The molecule has 0 aromatic carbocycles. The number of aromatic amines is 2. The summed E-state index contributed by atoms with van der Waals surface area (Å²) in [7, 11) is -4.30. The molecule has 6 fully saturated rings. The van der Waals surface area contributed by atoms with Crippen LogP contribution in [0, 0.1) is 60.2 Å². The molecule has 3 unspecified atom stereocenters. The molecule has 0 spiro atoms. The van der Waals surface area contributed by atoms with Crippen molar-refractivity contribution in [1.82, 2.24) is 34.8 Å². The molecule has 2 saturated heterocycles. The van der Waals surface area contributed by atoms with Crippen molar-refractivity contribution < 1.29 is 42.3 Å². The molecule has 6 aliphatic rings. The van der Waals surface area contributed by atoms with Gasteiger partial charge in [-0.1, -0.05) is 31.0 Å². The molecule has 0 radical (unpaired) electrons. The summed E-state index contributed by atoms with van der Waals surface area (Å²) in [5.74, 6) is 0.680. The number of Topliss-reactive ketones (excluding diaryl/α,β-unsaturated/α-hetero) is 3. The molecular formula is C50H72N13O13P. The lowest BCUT2D eigenvalue weighted by Crippen LogP contribution is -2.60. The highest BCUT2D eigenvalue weighted by Crippen LogP contribution is 2.66. The summed E-state index contributed by atoms with van der Waals surface area (Å²) in [6, 6.07) is -1.77. The molecule has 4 saturated carbocycles. The van der Waals surface area contributed by atoms with E-state index in [-0.39, 0.29) is 94.7 Å². The molecule has 0 bridgehead atoms. The van der Waals surface area contributed by atoms with Crippen molar-refractivity contribution in [2.75, 3.05) is 39.4 Å². The van der Waals surface area contributed by atoms with Crippen molar-refractivity contribution in [3.63, 3.8) is 0 Å². The van der Waals surface area contributed by atoms with Crippen molar-refractivity contribution in [3.05, 3.63) is 86.1 Å². The van der Waals surface area contributed by atoms with E-state index in [4.69, 9.17) is 18.5 Å². The van der Waals surface area contributed by atoms with Crippen LogP contribution in [0.25, 0.3) is 20.9 Å². The normalized spacial score (nSPS) is 32.8. The molecule has 26 nitrogen and oxygen atoms in total. The fraction of sp³-hybridized carbons (Fsp3) is 0.760. The van der Waals surface area contributed by atoms with E-state index in [1.54, 1.807) is 0 Å². The zero-order valence-electron chi connectivity index (χ0n) is 44.4. The van der Waals surface area contributed by atoms with Gasteiger partial charge in [0.1, 0.15) is 29.8 Å². The number of ether oxygens (including phenoxy) is 2. The molecule has 2 aromatic rings. The van der Waals surface area contributed by atoms with E-state index in [9.17, 15) is 54.0 Å². The fourth-order valence-corrected chi connectivity index (χ4v) is 14.9. The second kappa shape index (κ2) is 24.2. The van der Waals surface area contributed by atoms with Crippen LogP contribution in [0.3, 0.4) is 0 Å². The third-order valence-electron chi connectivity index (χ3n) is 18.0. The molecule has 8 rings (SSSR count). The fourth-order valence-electron chi connectivity index (χ4n) is 13.6. The topological polar surface area (TPSA) is 366 Å². The Labute approximate surface area is 443 Å². The van der Waals surface area contributed by atoms with Gasteiger partial charge in [-0.25, -0.2) is 19.2 Å². The summed E-state index contributed by atoms with van der Waals surface area (Å²) < 4.78 is 40.7. The maximum Gasteiger partial charge on any atom is 0.405 e. The first-order chi connectivity index (χ1) is 36.7. The second-order valence-corrected chi connectivity index (χ2v) is 24.3. The van der Waals surface area contributed by atoms with Crippen LogP contribution < -0.4 is 38.2 Å². The summed E-state index contributed by atoms with van der Waals surface area (Å²) in [6.45, 7) is 10.1. The highest BCUT2D eigenvalue weighted by Gasteiger charge is 2.66. The predicted molar refractivity (Wildman–Crippen MR) is 277 cm³/mol. The van der Waals surface area contributed by atoms with Crippen LogP contribution >= 0.6 is 7.75 Å². The second-order valence-electron chi connectivity index (χ2n) is 22.5. The maximum atomic E-state index is 14.5. The van der Waals surface area contributed by atoms with E-state index >= 15 is 0 Å². The number of hydrogen-bond acceptors (Lipinski definition) is 16. The van der Waals surface area contributed by atoms with E-state index < -0.39 is 85.6 Å². The number of fused-ring (bicyclic) bond motifs is 5. The van der Waals surface area contributed by atoms with Crippen molar-refractivity contribution in [3.8, 4) is 0 Å². The van der Waals surface area contributed by atoms with E-state index in [2.05, 4.69) is 66.5 Å². The Kier molecular flexibility index (Phi) is 18.1. The largest absolute Gasteiger partial charge is 0.405 e. The number of nitrogens with one attached hydrogen (secondary N) is 5. The number of azide groups is 2. The van der Waals surface area contributed by atoms with Gasteiger partial charge in [0.05, 0.1) is 37.5 Å². The Hall–Kier alpha value is -5.55. The first kappa shape index (κ1) is 57.6. The Morgan fingerprint density at radius 2 is 1.40 bits per heavy atom. The summed E-state index contributed by atoms with van der Waals surface area (Å²) in [5.41, 5.74) is 15.8. The van der Waals surface area contributed by atoms with Gasteiger partial charge in [-0.2, -0.15) is 0 Å². The maximum absolute atomic E-state index is 14.5. The van der Waals surface area contributed by atoms with E-state index in [0.29, 0.717) is 71.0 Å². The number of rotatable bonds is 23. The van der Waals surface area contributed by atoms with Gasteiger partial charge < -0.3 is 20.1 Å². The minimum Gasteiger partial charge on any atom is -0.356 e. The lowest BCUT2D eigenvalue weighted by atomic mass is 9.44. The Balaban J connectivity index is 0.802. The Bertz CT molecular complexity index is 2850. The van der Waals surface area contributed by atoms with Crippen molar-refractivity contribution in [2.24, 2.45) is 56.6 Å². The number of H-pyrrole nitrogens is 2. The number of carbonyl (C=O) groups is 4. The lowest BCUT2D eigenvalue weighted by molar-refractivity contribution is -0.166. The van der Waals surface area contributed by atoms with Crippen LogP contribution in [0.2, 0.25) is 0 Å². The minimum atomic E-state index is -4.30. The van der Waals surface area contributed by atoms with Crippen molar-refractivity contribution in [2.45, 2.75) is 155 Å². The molecular weight excluding hydrogens is 1020 g/mol. The van der Waals surface area contributed by atoms with Crippen molar-refractivity contribution in [1.29, 1.82) is 0 Å². The van der Waals surface area contributed by atoms with Crippen LogP contribution in [0.1, 0.15) is 128 Å². The number of amides is 1. The zero-order chi connectivity index (χ0) is 55.4. The first-order valence-electron chi connectivity index (χ1n) is 26.9. The Morgan fingerprint density at radius 3 is 1.97 bits per heavy atom. The lowest BCUT2D eigenvalue weighted by Gasteiger charge is -2.58. The third kappa shape index (κ3) is 12.4. The predicted octanol–water partition coefficient (Wildman–Crippen LogP) is 4.86. The van der Waals surface area contributed by atoms with Gasteiger partial charge in [0.25, 0.3) is 11.1 Å². The SMILES string of the molecule is Cc1cn([C@H]2CC(N=[N+]=[N-])[C@@H](COP(=O)(NCCCNCCCNC(=O)CCC(C)[C@H]3CC[C@H]4[C@@H]5C(=O)C[C@@H]6CC(=O)CC[C@]6(C)[C@H]5CC(=O)[C@]34C)OC[C@H]3O[C@@H](n4cc(C)c(=O)[nH]c4=O)CC3N=[N+]=[N-])O2)c(=O)[nH]c1=O. The van der Waals surface area contributed by atoms with E-state index in [1.807, 2.05) is 0 Å². The average molecular weight is 1090 g/mol. The Morgan fingerprint density at radius 1 is 0.831 bits per heavy atom. The number of ketones is 3. The number of nitrogens with zero attached hydrogens (tertiary/aromatic N) is 8. The van der Waals surface area contributed by atoms with E-state index in [0.717, 1.165) is 28.4 Å². The molecule has 5 N–H and O–H groups in total. The van der Waals surface area contributed by atoms with Gasteiger partial charge in [-0.15, -0.1) is 0 Å². The highest BCUT2D eigenvalue weighted by molar-refractivity contribution is 7.51. The quantitative estimate of drug-likeness (QED) is 0.0326. The number of carbonyl (C=O) groups excluding carboxylic acids is 4. The standard InChI is InChI=1S/C50H72N13O13P/c1-27(32-9-10-33-44-34(20-40(66)50(32,33)5)49(4)13-12-31(64)18-30(49)19-37(44)65)8-11-41(67)54-16-6-14-53-15-7-17-55-77(72,73-25-38-35(58-60-51)21-42(75-38)62-23-28(2)45(68)56-47(62)70)74-26-39-36(59-61-52)22-43(76-39)63-24-29(3)46(69)57-48(63)71/h23-24,27,30,32-36,38-39,42-44,53H,6-22,25-26H2,1-5H3,(H,54,67)(H,55,72)(H,56,68,70)(H,57,69,71)/t27?,30-,32+,33-,34-,35?,36?,38+,39+,42+,43+,44-,49-,50+,77?/m0/s1. The van der Waals surface area contributed by atoms with E-state index in [1.165, 1.54) is 26.2 Å². The van der Waals surface area contributed by atoms with Crippen LogP contribution in [0.4, 0.5) is 0 Å². The van der Waals surface area contributed by atoms with Gasteiger partial charge in [0.15, 0.2) is 0 Å². The third-order valence-corrected chi connectivity index (χ3v) is 19.5. The number of aromatic nitrogens is 4. The van der Waals surface area contributed by atoms with Crippen LogP contribution in [0.5, 0.6) is 0 Å². The highest BCUT2D eigenvalue weighted by atomic mass is 31.2. The molecule has 27 heteroatoms. The molecule has 4 heterocycles. The zero-order valence-corrected chi connectivity index (χ0v) is 45.2. The summed E-state index contributed by atoms with van der Waals surface area (Å²) in [5, 5.41) is 16.8. The number of aryl methyl sites for hydroxylation is 2. The van der Waals surface area contributed by atoms with Crippen molar-refractivity contribution >= 4 is 31.0 Å². The van der Waals surface area contributed by atoms with Gasteiger partial charge in [-0.05, 0) is 112 Å². The molecule has 2 aromatic heterocycles. The number of hydrogen-bond donors (Lipinski definition) is 5. The monoisotopic (exact) mass is 1090 g/mol. The van der Waals surface area contributed by atoms with Gasteiger partial charge in [0, 0.05) is 103 Å². The summed E-state index contributed by atoms with van der Waals surface area (Å²) in [4.78, 5) is 113. The first-order valence-corrected chi connectivity index (χ1v) is 28.5. The summed E-state index contributed by atoms with van der Waals surface area (Å²) >= 11 is 0. The minimum absolute atomic E-state index is 0.00524. The average Bonchev–Trinajstić information content (AvgIpc) is 4.10.